The summed E-state index contributed by atoms with van der Waals surface area (Å²) in [6.45, 7) is 4.71. The summed E-state index contributed by atoms with van der Waals surface area (Å²) in [6, 6.07) is 4.69. The molecule has 3 heteroatoms. The van der Waals surface area contributed by atoms with E-state index in [0.29, 0.717) is 6.54 Å². The van der Waals surface area contributed by atoms with E-state index in [1.165, 1.54) is 6.07 Å². The lowest BCUT2D eigenvalue weighted by atomic mass is 10.2. The largest absolute Gasteiger partial charge is 0.316 e. The molecule has 0 amide bonds. The normalized spacial score (nSPS) is 9.00. The van der Waals surface area contributed by atoms with Crippen LogP contribution in [-0.4, -0.2) is 7.05 Å². The quantitative estimate of drug-likeness (QED) is 0.779. The lowest BCUT2D eigenvalue weighted by Gasteiger charge is -2.00. The van der Waals surface area contributed by atoms with Gasteiger partial charge in [-0.3, -0.25) is 0 Å². The highest BCUT2D eigenvalue weighted by Gasteiger charge is 1.98. The fraction of sp³-hybridized carbons (Fsp3) is 0.400. The number of rotatable bonds is 2. The minimum Gasteiger partial charge on any atom is -0.316 e. The SMILES string of the molecule is CC.CNCc1ccc(F)c(Cl)c1. The van der Waals surface area contributed by atoms with Gasteiger partial charge in [-0.1, -0.05) is 31.5 Å². The summed E-state index contributed by atoms with van der Waals surface area (Å²) in [6.07, 6.45) is 0. The van der Waals surface area contributed by atoms with Crippen LogP contribution in [0.15, 0.2) is 18.2 Å². The third-order valence-corrected chi connectivity index (χ3v) is 1.65. The predicted molar refractivity (Wildman–Crippen MR) is 55.5 cm³/mol. The molecule has 0 aliphatic heterocycles. The Morgan fingerprint density at radius 3 is 2.46 bits per heavy atom. The molecule has 0 aromatic heterocycles. The maximum absolute atomic E-state index is 12.6. The molecule has 0 heterocycles. The van der Waals surface area contributed by atoms with Gasteiger partial charge in [-0.25, -0.2) is 4.39 Å². The first-order valence-corrected chi connectivity index (χ1v) is 4.70. The molecule has 1 rings (SSSR count). The highest BCUT2D eigenvalue weighted by Crippen LogP contribution is 2.15. The highest BCUT2D eigenvalue weighted by molar-refractivity contribution is 6.30. The van der Waals surface area contributed by atoms with E-state index in [-0.39, 0.29) is 10.8 Å². The molecule has 0 saturated heterocycles. The molecule has 0 aliphatic carbocycles. The molecule has 0 spiro atoms. The molecular formula is C10H15ClFN. The van der Waals surface area contributed by atoms with Crippen LogP contribution in [0.4, 0.5) is 4.39 Å². The van der Waals surface area contributed by atoms with E-state index in [1.54, 1.807) is 12.1 Å². The zero-order chi connectivity index (χ0) is 10.3. The van der Waals surface area contributed by atoms with Crippen LogP contribution >= 0.6 is 11.6 Å². The molecule has 74 valence electrons. The van der Waals surface area contributed by atoms with Crippen molar-refractivity contribution in [3.8, 4) is 0 Å². The van der Waals surface area contributed by atoms with E-state index in [4.69, 9.17) is 11.6 Å². The Morgan fingerprint density at radius 1 is 1.38 bits per heavy atom. The van der Waals surface area contributed by atoms with E-state index >= 15 is 0 Å². The van der Waals surface area contributed by atoms with E-state index < -0.39 is 0 Å². The fourth-order valence-electron chi connectivity index (χ4n) is 0.854. The second kappa shape index (κ2) is 6.87. The van der Waals surface area contributed by atoms with E-state index in [9.17, 15) is 4.39 Å². The maximum Gasteiger partial charge on any atom is 0.141 e. The number of hydrogen-bond acceptors (Lipinski definition) is 1. The van der Waals surface area contributed by atoms with Gasteiger partial charge in [0.2, 0.25) is 0 Å². The van der Waals surface area contributed by atoms with E-state index in [0.717, 1.165) is 5.56 Å². The molecule has 0 bridgehead atoms. The summed E-state index contributed by atoms with van der Waals surface area (Å²) in [4.78, 5) is 0. The van der Waals surface area contributed by atoms with Crippen LogP contribution in [0.3, 0.4) is 0 Å². The lowest BCUT2D eigenvalue weighted by Crippen LogP contribution is -2.04. The van der Waals surface area contributed by atoms with E-state index in [1.807, 2.05) is 20.9 Å². The van der Waals surface area contributed by atoms with Crippen molar-refractivity contribution in [2.24, 2.45) is 0 Å². The van der Waals surface area contributed by atoms with Crippen molar-refractivity contribution in [2.45, 2.75) is 20.4 Å². The van der Waals surface area contributed by atoms with Gasteiger partial charge in [0.05, 0.1) is 5.02 Å². The predicted octanol–water partition coefficient (Wildman–Crippen LogP) is 3.22. The van der Waals surface area contributed by atoms with Gasteiger partial charge in [0.1, 0.15) is 5.82 Å². The minimum atomic E-state index is -0.369. The van der Waals surface area contributed by atoms with Crippen LogP contribution < -0.4 is 5.32 Å². The Bertz CT molecular complexity index is 251. The molecule has 0 saturated carbocycles. The molecule has 0 fully saturated rings. The van der Waals surface area contributed by atoms with Crippen LogP contribution in [0, 0.1) is 5.82 Å². The van der Waals surface area contributed by atoms with Crippen molar-refractivity contribution in [3.63, 3.8) is 0 Å². The number of benzene rings is 1. The lowest BCUT2D eigenvalue weighted by molar-refractivity contribution is 0.627. The van der Waals surface area contributed by atoms with Crippen LogP contribution in [0.1, 0.15) is 19.4 Å². The Labute approximate surface area is 83.9 Å². The molecule has 13 heavy (non-hydrogen) atoms. The Hall–Kier alpha value is -0.600. The first-order valence-electron chi connectivity index (χ1n) is 4.32. The summed E-state index contributed by atoms with van der Waals surface area (Å²) in [5, 5.41) is 3.13. The zero-order valence-corrected chi connectivity index (χ0v) is 8.95. The van der Waals surface area contributed by atoms with Gasteiger partial charge in [-0.15, -0.1) is 0 Å². The first-order chi connectivity index (χ1) is 6.24. The molecule has 0 radical (unpaired) electrons. The van der Waals surface area contributed by atoms with Crippen LogP contribution in [0.25, 0.3) is 0 Å². The first kappa shape index (κ1) is 12.4. The highest BCUT2D eigenvalue weighted by atomic mass is 35.5. The summed E-state index contributed by atoms with van der Waals surface area (Å²) >= 11 is 5.55. The van der Waals surface area contributed by atoms with Gasteiger partial charge in [0.25, 0.3) is 0 Å². The maximum atomic E-state index is 12.6. The summed E-state index contributed by atoms with van der Waals surface area (Å²) in [5.74, 6) is -0.369. The summed E-state index contributed by atoms with van der Waals surface area (Å²) < 4.78 is 12.6. The average molecular weight is 204 g/mol. The van der Waals surface area contributed by atoms with Crippen molar-refractivity contribution >= 4 is 11.6 Å². The Balaban J connectivity index is 0.000000671. The number of halogens is 2. The average Bonchev–Trinajstić information content (AvgIpc) is 2.15. The summed E-state index contributed by atoms with van der Waals surface area (Å²) in [7, 11) is 1.83. The molecule has 0 atom stereocenters. The van der Waals surface area contributed by atoms with Crippen LogP contribution in [0.2, 0.25) is 5.02 Å². The Kier molecular flexibility index (Phi) is 6.55. The molecule has 1 N–H and O–H groups in total. The molecular weight excluding hydrogens is 189 g/mol. The zero-order valence-electron chi connectivity index (χ0n) is 8.20. The van der Waals surface area contributed by atoms with Gasteiger partial charge in [0.15, 0.2) is 0 Å². The number of hydrogen-bond donors (Lipinski definition) is 1. The van der Waals surface area contributed by atoms with Crippen LogP contribution in [0.5, 0.6) is 0 Å². The molecule has 1 aromatic carbocycles. The van der Waals surface area contributed by atoms with Crippen molar-refractivity contribution in [1.82, 2.24) is 5.32 Å². The van der Waals surface area contributed by atoms with Crippen molar-refractivity contribution in [1.29, 1.82) is 0 Å². The second-order valence-corrected chi connectivity index (χ2v) is 2.69. The van der Waals surface area contributed by atoms with Gasteiger partial charge in [0, 0.05) is 6.54 Å². The van der Waals surface area contributed by atoms with Crippen molar-refractivity contribution in [2.75, 3.05) is 7.05 Å². The minimum absolute atomic E-state index is 0.178. The summed E-state index contributed by atoms with van der Waals surface area (Å²) in [5.41, 5.74) is 0.985. The molecule has 1 aromatic rings. The van der Waals surface area contributed by atoms with Gasteiger partial charge in [-0.05, 0) is 24.7 Å². The monoisotopic (exact) mass is 203 g/mol. The van der Waals surface area contributed by atoms with Gasteiger partial charge in [-0.2, -0.15) is 0 Å². The van der Waals surface area contributed by atoms with Crippen molar-refractivity contribution < 1.29 is 4.39 Å². The smallest absolute Gasteiger partial charge is 0.141 e. The topological polar surface area (TPSA) is 12.0 Å². The molecule has 0 unspecified atom stereocenters. The van der Waals surface area contributed by atoms with E-state index in [2.05, 4.69) is 5.32 Å². The van der Waals surface area contributed by atoms with Gasteiger partial charge >= 0.3 is 0 Å². The Morgan fingerprint density at radius 2 is 2.00 bits per heavy atom. The fourth-order valence-corrected chi connectivity index (χ4v) is 1.06. The molecule has 1 nitrogen and oxygen atoms in total. The third kappa shape index (κ3) is 4.25. The molecule has 0 aliphatic rings. The van der Waals surface area contributed by atoms with Crippen LogP contribution in [-0.2, 0) is 6.54 Å². The standard InChI is InChI=1S/C8H9ClFN.C2H6/c1-11-5-6-2-3-8(10)7(9)4-6;1-2/h2-4,11H,5H2,1H3;1-2H3. The van der Waals surface area contributed by atoms with Crippen molar-refractivity contribution in [3.05, 3.63) is 34.6 Å². The van der Waals surface area contributed by atoms with Gasteiger partial charge < -0.3 is 5.32 Å². The second-order valence-electron chi connectivity index (χ2n) is 2.28. The third-order valence-electron chi connectivity index (χ3n) is 1.36. The number of nitrogens with one attached hydrogen (secondary N) is 1.